The van der Waals surface area contributed by atoms with E-state index in [1.54, 1.807) is 23.8 Å². The molecule has 3 aromatic heterocycles. The molecule has 1 saturated carbocycles. The van der Waals surface area contributed by atoms with Gasteiger partial charge in [0.15, 0.2) is 11.7 Å². The number of anilines is 1. The molecule has 7 aromatic rings. The molecule has 1 saturated heterocycles. The summed E-state index contributed by atoms with van der Waals surface area (Å²) in [4.78, 5) is 13.8. The van der Waals surface area contributed by atoms with Crippen LogP contribution in [0.3, 0.4) is 0 Å². The van der Waals surface area contributed by atoms with Crippen LogP contribution in [0.5, 0.6) is 5.75 Å². The van der Waals surface area contributed by atoms with Gasteiger partial charge in [0, 0.05) is 40.7 Å². The number of aryl methyl sites for hydroxylation is 3. The number of fused-ring (bicyclic) bond motifs is 4. The van der Waals surface area contributed by atoms with Gasteiger partial charge in [-0.15, -0.1) is 21.5 Å². The fourth-order valence-corrected chi connectivity index (χ4v) is 12.5. The first-order valence-electron chi connectivity index (χ1n) is 22.1. The quantitative estimate of drug-likeness (QED) is 0.164. The van der Waals surface area contributed by atoms with Crippen molar-refractivity contribution in [3.05, 3.63) is 176 Å². The van der Waals surface area contributed by atoms with Crippen molar-refractivity contribution in [3.63, 3.8) is 0 Å². The Morgan fingerprint density at radius 2 is 1.64 bits per heavy atom. The number of hydrogen-bond donors (Lipinski definition) is 1. The molecule has 0 amide bonds. The zero-order valence-corrected chi connectivity index (χ0v) is 36.0. The van der Waals surface area contributed by atoms with E-state index in [-0.39, 0.29) is 12.0 Å². The average Bonchev–Trinajstić information content (AvgIpc) is 3.99. The Morgan fingerprint density at radius 3 is 2.39 bits per heavy atom. The molecule has 0 radical (unpaired) electrons. The molecule has 61 heavy (non-hydrogen) atoms. The molecule has 5 heterocycles. The van der Waals surface area contributed by atoms with Gasteiger partial charge in [-0.05, 0) is 141 Å². The molecule has 1 N–H and O–H groups in total. The number of hydrogen-bond acceptors (Lipinski definition) is 8. The third-order valence-electron chi connectivity index (χ3n) is 14.5. The molecule has 2 aliphatic heterocycles. The molecule has 4 aromatic carbocycles. The predicted molar refractivity (Wildman–Crippen MR) is 243 cm³/mol. The molecule has 0 unspecified atom stereocenters. The second-order valence-electron chi connectivity index (χ2n) is 18.2. The second kappa shape index (κ2) is 15.3. The Bertz CT molecular complexity index is 2720. The summed E-state index contributed by atoms with van der Waals surface area (Å²) in [6.45, 7) is 8.67. The third-order valence-corrected chi connectivity index (χ3v) is 15.7. The number of nitrogens with zero attached hydrogens (tertiary/aromatic N) is 6. The van der Waals surface area contributed by atoms with Crippen molar-refractivity contribution in [2.45, 2.75) is 90.0 Å². The maximum absolute atomic E-state index is 10.3. The lowest BCUT2D eigenvalue weighted by molar-refractivity contribution is 0.0283. The van der Waals surface area contributed by atoms with E-state index in [4.69, 9.17) is 9.41 Å². The Kier molecular flexibility index (Phi) is 9.55. The molecule has 11 rings (SSSR count). The Hall–Kier alpha value is -5.80. The summed E-state index contributed by atoms with van der Waals surface area (Å²) in [5.41, 5.74) is 13.2. The van der Waals surface area contributed by atoms with Gasteiger partial charge in [0.05, 0.1) is 18.3 Å². The standard InChI is InChI=1S/C52H52N6O2S/c1-32-33(2)61-51-47(32)49(54-45(29-46-53-23-26-60-46)50-56-55-34(3)58(50)51)39-11-9-35(10-12-39)27-36-30-52(31-36)21-24-57(25-22-52)41-16-13-38(14-17-41)48-43(37-7-5-4-6-8-37)19-15-40-28-42(59)18-20-44(40)48/h4-14,16-18,20,23,26,28,36,43,45,48,59H,15,19,21-22,24-25,27,29-31H2,1-3H3/t43-,45-,48+/m1/s1. The van der Waals surface area contributed by atoms with Crippen LogP contribution in [-0.2, 0) is 19.3 Å². The lowest BCUT2D eigenvalue weighted by atomic mass is 9.56. The van der Waals surface area contributed by atoms with Crippen LogP contribution >= 0.6 is 11.3 Å². The first-order chi connectivity index (χ1) is 29.8. The number of phenols is 1. The topological polar surface area (TPSA) is 92.6 Å². The number of aliphatic imine (C=N–C) groups is 1. The Morgan fingerprint density at radius 1 is 0.852 bits per heavy atom. The van der Waals surface area contributed by atoms with Crippen molar-refractivity contribution in [1.82, 2.24) is 19.7 Å². The zero-order chi connectivity index (χ0) is 41.2. The molecule has 3 atom stereocenters. The van der Waals surface area contributed by atoms with Crippen LogP contribution in [-0.4, -0.2) is 43.7 Å². The summed E-state index contributed by atoms with van der Waals surface area (Å²) in [5, 5.41) is 20.5. The summed E-state index contributed by atoms with van der Waals surface area (Å²) in [7, 11) is 0. The number of aromatic nitrogens is 4. The summed E-state index contributed by atoms with van der Waals surface area (Å²) in [5.74, 6) is 4.13. The molecule has 308 valence electrons. The highest BCUT2D eigenvalue weighted by atomic mass is 32.1. The summed E-state index contributed by atoms with van der Waals surface area (Å²) >= 11 is 1.79. The highest BCUT2D eigenvalue weighted by Crippen LogP contribution is 2.54. The first kappa shape index (κ1) is 38.1. The van der Waals surface area contributed by atoms with Gasteiger partial charge in [-0.2, -0.15) is 0 Å². The van der Waals surface area contributed by atoms with Gasteiger partial charge in [-0.3, -0.25) is 9.56 Å². The zero-order valence-electron chi connectivity index (χ0n) is 35.2. The smallest absolute Gasteiger partial charge is 0.196 e. The van der Waals surface area contributed by atoms with Crippen molar-refractivity contribution in [2.75, 3.05) is 18.0 Å². The van der Waals surface area contributed by atoms with E-state index in [1.807, 2.05) is 19.1 Å². The second-order valence-corrected chi connectivity index (χ2v) is 19.4. The lowest BCUT2D eigenvalue weighted by Crippen LogP contribution is -2.47. The van der Waals surface area contributed by atoms with Gasteiger partial charge in [0.25, 0.3) is 0 Å². The average molecular weight is 825 g/mol. The van der Waals surface area contributed by atoms with Crippen LogP contribution in [0.1, 0.15) is 117 Å². The van der Waals surface area contributed by atoms with E-state index in [0.717, 1.165) is 66.2 Å². The number of benzene rings is 4. The van der Waals surface area contributed by atoms with Crippen LogP contribution in [0.2, 0.25) is 0 Å². The van der Waals surface area contributed by atoms with Crippen molar-refractivity contribution in [3.8, 4) is 10.8 Å². The molecule has 9 heteroatoms. The number of thiophene rings is 1. The number of piperidine rings is 1. The molecular weight excluding hydrogens is 773 g/mol. The van der Waals surface area contributed by atoms with Gasteiger partial charge >= 0.3 is 0 Å². The normalized spacial score (nSPS) is 20.7. The highest BCUT2D eigenvalue weighted by Gasteiger charge is 2.45. The largest absolute Gasteiger partial charge is 0.508 e. The van der Waals surface area contributed by atoms with Gasteiger partial charge in [-0.25, -0.2) is 4.98 Å². The van der Waals surface area contributed by atoms with Crippen molar-refractivity contribution in [1.29, 1.82) is 0 Å². The van der Waals surface area contributed by atoms with Crippen molar-refractivity contribution in [2.24, 2.45) is 16.3 Å². The van der Waals surface area contributed by atoms with Crippen LogP contribution in [0, 0.1) is 32.1 Å². The van der Waals surface area contributed by atoms with Gasteiger partial charge in [0.1, 0.15) is 28.9 Å². The minimum absolute atomic E-state index is 0.268. The molecule has 8 nitrogen and oxygen atoms in total. The summed E-state index contributed by atoms with van der Waals surface area (Å²) < 4.78 is 7.88. The maximum Gasteiger partial charge on any atom is 0.196 e. The number of rotatable bonds is 8. The monoisotopic (exact) mass is 824 g/mol. The van der Waals surface area contributed by atoms with E-state index in [0.29, 0.717) is 29.4 Å². The molecule has 2 aliphatic carbocycles. The van der Waals surface area contributed by atoms with E-state index < -0.39 is 0 Å². The highest BCUT2D eigenvalue weighted by molar-refractivity contribution is 7.15. The van der Waals surface area contributed by atoms with Gasteiger partial charge in [-0.1, -0.05) is 72.8 Å². The number of phenolic OH excluding ortho intramolecular Hbond substituents is 1. The maximum atomic E-state index is 10.3. The van der Waals surface area contributed by atoms with E-state index in [9.17, 15) is 5.11 Å². The minimum atomic E-state index is -0.268. The first-order valence-corrected chi connectivity index (χ1v) is 22.9. The van der Waals surface area contributed by atoms with Crippen molar-refractivity contribution >= 4 is 22.7 Å². The fraction of sp³-hybridized carbons (Fsp3) is 0.346. The molecular formula is C52H52N6O2S. The molecule has 4 aliphatic rings. The fourth-order valence-electron chi connectivity index (χ4n) is 11.3. The number of oxazole rings is 1. The summed E-state index contributed by atoms with van der Waals surface area (Å²) in [6, 6.07) is 35.4. The van der Waals surface area contributed by atoms with Gasteiger partial charge < -0.3 is 14.4 Å². The van der Waals surface area contributed by atoms with Crippen LogP contribution in [0.4, 0.5) is 5.69 Å². The Balaban J connectivity index is 0.752. The minimum Gasteiger partial charge on any atom is -0.508 e. The van der Waals surface area contributed by atoms with Crippen molar-refractivity contribution < 1.29 is 9.52 Å². The van der Waals surface area contributed by atoms with Crippen LogP contribution < -0.4 is 4.90 Å². The predicted octanol–water partition coefficient (Wildman–Crippen LogP) is 11.2. The van der Waals surface area contributed by atoms with Crippen LogP contribution in [0.15, 0.2) is 119 Å². The molecule has 0 bridgehead atoms. The lowest BCUT2D eigenvalue weighted by Gasteiger charge is -2.53. The summed E-state index contributed by atoms with van der Waals surface area (Å²) in [6.07, 6.45) is 12.2. The third kappa shape index (κ3) is 6.91. The number of aromatic hydroxyl groups is 1. The van der Waals surface area contributed by atoms with E-state index in [1.165, 1.54) is 75.2 Å². The van der Waals surface area contributed by atoms with E-state index in [2.05, 4.69) is 123 Å². The van der Waals surface area contributed by atoms with E-state index >= 15 is 0 Å². The van der Waals surface area contributed by atoms with Crippen LogP contribution in [0.25, 0.3) is 5.00 Å². The molecule has 2 fully saturated rings. The Labute approximate surface area is 362 Å². The van der Waals surface area contributed by atoms with Gasteiger partial charge in [0.2, 0.25) is 0 Å². The molecule has 1 spiro atoms. The SMILES string of the molecule is Cc1sc2c(c1C)C(c1ccc(CC3CC4(CCN(c5ccc([C@@H]6c7ccc(O)cc7CC[C@@H]6c6ccccc6)cc5)CC4)C3)cc1)=N[C@H](Cc1ncco1)c1nnc(C)n1-2.